The number of pyridine rings is 1. The van der Waals surface area contributed by atoms with E-state index in [0.29, 0.717) is 12.1 Å². The molecule has 0 saturated heterocycles. The van der Waals surface area contributed by atoms with Gasteiger partial charge in [0.2, 0.25) is 0 Å². The number of fused-ring (bicyclic) bond motifs is 1. The molecule has 7 nitrogen and oxygen atoms in total. The van der Waals surface area contributed by atoms with Crippen LogP contribution in [0.1, 0.15) is 12.8 Å². The van der Waals surface area contributed by atoms with Crippen molar-refractivity contribution in [1.82, 2.24) is 14.6 Å². The fourth-order valence-corrected chi connectivity index (χ4v) is 2.51. The van der Waals surface area contributed by atoms with Crippen LogP contribution in [0.2, 0.25) is 0 Å². The maximum Gasteiger partial charge on any atom is 0.303 e. The van der Waals surface area contributed by atoms with E-state index in [1.807, 2.05) is 0 Å². The summed E-state index contributed by atoms with van der Waals surface area (Å²) >= 11 is 0. The van der Waals surface area contributed by atoms with Crippen LogP contribution in [0, 0.1) is 17.5 Å². The molecule has 1 aromatic carbocycles. The van der Waals surface area contributed by atoms with E-state index in [1.54, 1.807) is 0 Å². The number of hydrogen-bond acceptors (Lipinski definition) is 5. The Balaban J connectivity index is 0.00000261. The van der Waals surface area contributed by atoms with E-state index in [2.05, 4.69) is 10.1 Å². The highest BCUT2D eigenvalue weighted by Gasteiger charge is 2.19. The lowest BCUT2D eigenvalue weighted by atomic mass is 10.1. The zero-order valence-electron chi connectivity index (χ0n) is 13.3. The molecular formula is C16H11ClF3N3O4. The lowest BCUT2D eigenvalue weighted by Gasteiger charge is -2.07. The first kappa shape index (κ1) is 20.2. The van der Waals surface area contributed by atoms with Crippen molar-refractivity contribution in [2.24, 2.45) is 0 Å². The van der Waals surface area contributed by atoms with Crippen molar-refractivity contribution in [2.75, 3.05) is 0 Å². The predicted octanol–water partition coefficient (Wildman–Crippen LogP) is 1.85. The van der Waals surface area contributed by atoms with Crippen LogP contribution in [0.15, 0.2) is 29.3 Å². The fourth-order valence-electron chi connectivity index (χ4n) is 2.51. The first-order chi connectivity index (χ1) is 12.3. The second-order valence-corrected chi connectivity index (χ2v) is 5.35. The molecule has 142 valence electrons. The molecule has 0 aliphatic carbocycles. The summed E-state index contributed by atoms with van der Waals surface area (Å²) in [6, 6.07) is 1.89. The predicted molar refractivity (Wildman–Crippen MR) is 89.9 cm³/mol. The number of benzene rings is 1. The Morgan fingerprint density at radius 1 is 1.11 bits per heavy atom. The molecule has 0 radical (unpaired) electrons. The Kier molecular flexibility index (Phi) is 5.69. The maximum absolute atomic E-state index is 14.1. The third kappa shape index (κ3) is 3.70. The third-order valence-electron chi connectivity index (χ3n) is 3.65. The number of aliphatic hydroxyl groups excluding tert-OH is 1. The van der Waals surface area contributed by atoms with Gasteiger partial charge in [0, 0.05) is 24.1 Å². The van der Waals surface area contributed by atoms with Crippen LogP contribution >= 0.6 is 12.4 Å². The molecule has 0 aliphatic heterocycles. The Labute approximate surface area is 154 Å². The lowest BCUT2D eigenvalue weighted by Crippen LogP contribution is -2.30. The molecule has 27 heavy (non-hydrogen) atoms. The minimum Gasteiger partial charge on any atom is -0.511 e. The summed E-state index contributed by atoms with van der Waals surface area (Å²) in [5.41, 5.74) is -1.84. The number of aliphatic hydroxyl groups is 1. The molecule has 11 heteroatoms. The molecule has 3 aromatic rings. The molecule has 0 fully saturated rings. The largest absolute Gasteiger partial charge is 0.511 e. The molecule has 0 amide bonds. The average Bonchev–Trinajstić information content (AvgIpc) is 3.04. The quantitative estimate of drug-likeness (QED) is 0.646. The van der Waals surface area contributed by atoms with E-state index < -0.39 is 46.6 Å². The number of hydrogen-bond donors (Lipinski definition) is 2. The maximum atomic E-state index is 14.1. The molecule has 0 bridgehead atoms. The van der Waals surface area contributed by atoms with Crippen molar-refractivity contribution < 1.29 is 28.2 Å². The number of rotatable bonds is 4. The first-order valence-electron chi connectivity index (χ1n) is 7.25. The molecule has 2 aromatic heterocycles. The lowest BCUT2D eigenvalue weighted by molar-refractivity contribution is -0.136. The number of aromatic nitrogens is 3. The molecule has 0 aliphatic rings. The van der Waals surface area contributed by atoms with E-state index >= 15 is 0 Å². The van der Waals surface area contributed by atoms with Crippen molar-refractivity contribution >= 4 is 29.8 Å². The van der Waals surface area contributed by atoms with Gasteiger partial charge >= 0.3 is 5.97 Å². The van der Waals surface area contributed by atoms with Crippen LogP contribution in [0.4, 0.5) is 13.2 Å². The number of halogens is 4. The van der Waals surface area contributed by atoms with Crippen LogP contribution in [0.3, 0.4) is 0 Å². The normalized spacial score (nSPS) is 12.0. The molecule has 3 rings (SSSR count). The SMILES string of the molecule is Cl.O=C(O)CCC(O)=c1c(=O)cc(-c2cc(F)cc(F)c2F)n2ncnc12. The van der Waals surface area contributed by atoms with Gasteiger partial charge in [-0.15, -0.1) is 12.4 Å². The summed E-state index contributed by atoms with van der Waals surface area (Å²) in [5, 5.41) is 22.2. The highest BCUT2D eigenvalue weighted by Crippen LogP contribution is 2.24. The topological polar surface area (TPSA) is 105 Å². The van der Waals surface area contributed by atoms with Gasteiger partial charge in [0.1, 0.15) is 23.1 Å². The summed E-state index contributed by atoms with van der Waals surface area (Å²) < 4.78 is 42.0. The molecular weight excluding hydrogens is 391 g/mol. The average molecular weight is 402 g/mol. The van der Waals surface area contributed by atoms with Gasteiger partial charge in [0.15, 0.2) is 22.7 Å². The molecule has 2 heterocycles. The van der Waals surface area contributed by atoms with Gasteiger partial charge in [-0.3, -0.25) is 9.59 Å². The first-order valence-corrected chi connectivity index (χ1v) is 7.25. The number of nitrogens with zero attached hydrogens (tertiary/aromatic N) is 3. The zero-order valence-corrected chi connectivity index (χ0v) is 14.1. The molecule has 0 saturated carbocycles. The number of aliphatic carboxylic acids is 1. The fraction of sp³-hybridized carbons (Fsp3) is 0.125. The smallest absolute Gasteiger partial charge is 0.303 e. The van der Waals surface area contributed by atoms with E-state index in [4.69, 9.17) is 5.11 Å². The van der Waals surface area contributed by atoms with Gasteiger partial charge in [-0.05, 0) is 6.07 Å². The highest BCUT2D eigenvalue weighted by molar-refractivity contribution is 5.85. The summed E-state index contributed by atoms with van der Waals surface area (Å²) in [6.45, 7) is 0. The van der Waals surface area contributed by atoms with Crippen molar-refractivity contribution in [3.8, 4) is 11.3 Å². The van der Waals surface area contributed by atoms with E-state index in [-0.39, 0.29) is 35.4 Å². The van der Waals surface area contributed by atoms with Crippen LogP contribution < -0.4 is 10.6 Å². The molecule has 0 unspecified atom stereocenters. The molecule has 0 atom stereocenters. The van der Waals surface area contributed by atoms with E-state index in [9.17, 15) is 27.9 Å². The van der Waals surface area contributed by atoms with Crippen molar-refractivity contribution in [3.63, 3.8) is 0 Å². The second kappa shape index (κ2) is 7.62. The Bertz CT molecular complexity index is 1150. The van der Waals surface area contributed by atoms with Gasteiger partial charge < -0.3 is 10.2 Å². The Morgan fingerprint density at radius 3 is 2.48 bits per heavy atom. The van der Waals surface area contributed by atoms with Gasteiger partial charge in [0.25, 0.3) is 0 Å². The standard InChI is InChI=1S/C16H10F3N3O4.ClH/c17-7-3-8(15(19)9(18)4-7)10-5-12(24)14(11(23)1-2-13(25)26)16-20-6-21-22(10)16;/h3-6,23H,1-2H2,(H,25,26);1H. The van der Waals surface area contributed by atoms with Gasteiger partial charge in [0.05, 0.1) is 12.1 Å². The van der Waals surface area contributed by atoms with E-state index in [0.717, 1.165) is 16.9 Å². The van der Waals surface area contributed by atoms with Crippen LogP contribution in [-0.4, -0.2) is 30.8 Å². The van der Waals surface area contributed by atoms with Crippen LogP contribution in [0.25, 0.3) is 22.7 Å². The highest BCUT2D eigenvalue weighted by atomic mass is 35.5. The molecule has 0 spiro atoms. The summed E-state index contributed by atoms with van der Waals surface area (Å²) in [4.78, 5) is 26.8. The summed E-state index contributed by atoms with van der Waals surface area (Å²) in [5.74, 6) is -5.60. The monoisotopic (exact) mass is 401 g/mol. The summed E-state index contributed by atoms with van der Waals surface area (Å²) in [7, 11) is 0. The minimum absolute atomic E-state index is 0. The Morgan fingerprint density at radius 2 is 1.81 bits per heavy atom. The van der Waals surface area contributed by atoms with Crippen molar-refractivity contribution in [2.45, 2.75) is 12.8 Å². The molecule has 2 N–H and O–H groups in total. The Hall–Kier alpha value is -3.14. The van der Waals surface area contributed by atoms with Gasteiger partial charge in [-0.1, -0.05) is 0 Å². The van der Waals surface area contributed by atoms with Gasteiger partial charge in [-0.2, -0.15) is 5.10 Å². The zero-order chi connectivity index (χ0) is 19.0. The number of carboxylic acid groups (broad SMARTS) is 1. The number of carbonyl (C=O) groups is 1. The van der Waals surface area contributed by atoms with Crippen molar-refractivity contribution in [1.29, 1.82) is 0 Å². The second-order valence-electron chi connectivity index (χ2n) is 5.35. The van der Waals surface area contributed by atoms with Crippen LogP contribution in [0.5, 0.6) is 0 Å². The third-order valence-corrected chi connectivity index (χ3v) is 3.65. The number of carboxylic acids is 1. The van der Waals surface area contributed by atoms with Crippen LogP contribution in [-0.2, 0) is 4.79 Å². The minimum atomic E-state index is -1.44. The summed E-state index contributed by atoms with van der Waals surface area (Å²) in [6.07, 6.45) is 0.228. The van der Waals surface area contributed by atoms with Crippen molar-refractivity contribution in [3.05, 3.63) is 57.4 Å². The van der Waals surface area contributed by atoms with Gasteiger partial charge in [-0.25, -0.2) is 22.7 Å². The van der Waals surface area contributed by atoms with E-state index in [1.165, 1.54) is 0 Å².